The topological polar surface area (TPSA) is 71.3 Å². The van der Waals surface area contributed by atoms with E-state index in [1.807, 2.05) is 14.1 Å². The molecule has 100 valence electrons. The molecule has 0 saturated carbocycles. The Labute approximate surface area is 107 Å². The molecular weight excluding hydrogens is 232 g/mol. The summed E-state index contributed by atoms with van der Waals surface area (Å²) in [5.74, 6) is 0.538. The second-order valence-corrected chi connectivity index (χ2v) is 5.41. The molecule has 1 aromatic rings. The number of hydrogen-bond donors (Lipinski definition) is 1. The number of hydrogen-bond acceptors (Lipinski definition) is 5. The molecule has 0 saturated heterocycles. The molecule has 0 atom stereocenters. The molecule has 0 amide bonds. The van der Waals surface area contributed by atoms with Gasteiger partial charge in [-0.05, 0) is 19.5 Å². The molecule has 6 nitrogen and oxygen atoms in total. The van der Waals surface area contributed by atoms with Crippen LogP contribution in [0.25, 0.3) is 0 Å². The van der Waals surface area contributed by atoms with Crippen molar-refractivity contribution in [3.8, 4) is 0 Å². The van der Waals surface area contributed by atoms with E-state index in [0.29, 0.717) is 12.4 Å². The zero-order chi connectivity index (χ0) is 13.8. The van der Waals surface area contributed by atoms with Crippen molar-refractivity contribution in [2.75, 3.05) is 32.5 Å². The van der Waals surface area contributed by atoms with Crippen molar-refractivity contribution in [1.29, 1.82) is 0 Å². The van der Waals surface area contributed by atoms with E-state index in [2.05, 4.69) is 29.0 Å². The first-order chi connectivity index (χ1) is 8.30. The van der Waals surface area contributed by atoms with Gasteiger partial charge in [-0.3, -0.25) is 10.1 Å². The summed E-state index contributed by atoms with van der Waals surface area (Å²) in [6.45, 7) is 5.91. The third-order valence-corrected chi connectivity index (χ3v) is 2.45. The third-order valence-electron chi connectivity index (χ3n) is 2.45. The molecule has 0 aliphatic carbocycles. The number of nitrogens with one attached hydrogen (secondary N) is 1. The lowest BCUT2D eigenvalue weighted by Gasteiger charge is -2.28. The zero-order valence-electron chi connectivity index (χ0n) is 11.3. The van der Waals surface area contributed by atoms with Crippen LogP contribution in [0.1, 0.15) is 13.8 Å². The van der Waals surface area contributed by atoms with Crippen LogP contribution in [-0.2, 0) is 0 Å². The minimum Gasteiger partial charge on any atom is -0.369 e. The number of anilines is 1. The predicted octanol–water partition coefficient (Wildman–Crippen LogP) is 1.99. The van der Waals surface area contributed by atoms with E-state index in [4.69, 9.17) is 0 Å². The summed E-state index contributed by atoms with van der Waals surface area (Å²) in [6.07, 6.45) is 1.44. The van der Waals surface area contributed by atoms with E-state index < -0.39 is 4.92 Å². The van der Waals surface area contributed by atoms with E-state index in [-0.39, 0.29) is 11.1 Å². The Morgan fingerprint density at radius 1 is 1.50 bits per heavy atom. The standard InChI is InChI=1S/C12H20N4O2/c1-12(2,9-15(3)4)8-14-11-7-10(16(17)18)5-6-13-11/h5-7H,8-9H2,1-4H3,(H,13,14). The maximum Gasteiger partial charge on any atom is 0.274 e. The molecule has 0 fully saturated rings. The molecule has 1 rings (SSSR count). The van der Waals surface area contributed by atoms with E-state index in [1.54, 1.807) is 0 Å². The van der Waals surface area contributed by atoms with E-state index >= 15 is 0 Å². The number of rotatable bonds is 6. The van der Waals surface area contributed by atoms with Crippen molar-refractivity contribution >= 4 is 11.5 Å². The quantitative estimate of drug-likeness (QED) is 0.619. The zero-order valence-corrected chi connectivity index (χ0v) is 11.3. The molecule has 0 aliphatic heterocycles. The van der Waals surface area contributed by atoms with Crippen LogP contribution in [0, 0.1) is 15.5 Å². The Balaban J connectivity index is 2.63. The van der Waals surface area contributed by atoms with Gasteiger partial charge in [0.1, 0.15) is 5.82 Å². The largest absolute Gasteiger partial charge is 0.369 e. The minimum atomic E-state index is -0.419. The van der Waals surface area contributed by atoms with Gasteiger partial charge in [0.25, 0.3) is 5.69 Å². The molecule has 1 aromatic heterocycles. The van der Waals surface area contributed by atoms with Crippen LogP contribution < -0.4 is 5.32 Å². The highest BCUT2D eigenvalue weighted by Crippen LogP contribution is 2.19. The van der Waals surface area contributed by atoms with Crippen LogP contribution in [0.5, 0.6) is 0 Å². The highest BCUT2D eigenvalue weighted by Gasteiger charge is 2.19. The molecule has 6 heteroatoms. The molecule has 18 heavy (non-hydrogen) atoms. The maximum atomic E-state index is 10.6. The van der Waals surface area contributed by atoms with Gasteiger partial charge in [0.2, 0.25) is 0 Å². The van der Waals surface area contributed by atoms with Crippen LogP contribution >= 0.6 is 0 Å². The van der Waals surface area contributed by atoms with Crippen LogP contribution in [0.2, 0.25) is 0 Å². The first kappa shape index (κ1) is 14.4. The highest BCUT2D eigenvalue weighted by molar-refractivity contribution is 5.44. The van der Waals surface area contributed by atoms with E-state index in [0.717, 1.165) is 6.54 Å². The highest BCUT2D eigenvalue weighted by atomic mass is 16.6. The monoisotopic (exact) mass is 252 g/mol. The number of nitro groups is 1. The Hall–Kier alpha value is -1.69. The van der Waals surface area contributed by atoms with Gasteiger partial charge in [-0.2, -0.15) is 0 Å². The SMILES string of the molecule is CN(C)CC(C)(C)CNc1cc([N+](=O)[O-])ccn1. The van der Waals surface area contributed by atoms with Gasteiger partial charge >= 0.3 is 0 Å². The lowest BCUT2D eigenvalue weighted by molar-refractivity contribution is -0.384. The lowest BCUT2D eigenvalue weighted by Crippen LogP contribution is -2.34. The van der Waals surface area contributed by atoms with Gasteiger partial charge in [-0.1, -0.05) is 13.8 Å². The van der Waals surface area contributed by atoms with E-state index in [9.17, 15) is 10.1 Å². The van der Waals surface area contributed by atoms with Crippen molar-refractivity contribution in [1.82, 2.24) is 9.88 Å². The van der Waals surface area contributed by atoms with Gasteiger partial charge in [0.05, 0.1) is 11.0 Å². The Morgan fingerprint density at radius 3 is 2.72 bits per heavy atom. The fraction of sp³-hybridized carbons (Fsp3) is 0.583. The first-order valence-electron chi connectivity index (χ1n) is 5.79. The summed E-state index contributed by atoms with van der Waals surface area (Å²) in [6, 6.07) is 2.84. The smallest absolute Gasteiger partial charge is 0.274 e. The molecule has 0 aliphatic rings. The van der Waals surface area contributed by atoms with Gasteiger partial charge < -0.3 is 10.2 Å². The summed E-state index contributed by atoms with van der Waals surface area (Å²) < 4.78 is 0. The normalized spacial score (nSPS) is 11.6. The number of pyridine rings is 1. The van der Waals surface area contributed by atoms with Gasteiger partial charge in [0, 0.05) is 25.4 Å². The first-order valence-corrected chi connectivity index (χ1v) is 5.79. The molecule has 0 aromatic carbocycles. The summed E-state index contributed by atoms with van der Waals surface area (Å²) in [5.41, 5.74) is 0.119. The molecule has 0 unspecified atom stereocenters. The minimum absolute atomic E-state index is 0.0536. The molecule has 0 radical (unpaired) electrons. The molecule has 1 N–H and O–H groups in total. The van der Waals surface area contributed by atoms with Crippen LogP contribution in [0.4, 0.5) is 11.5 Å². The van der Waals surface area contributed by atoms with Gasteiger partial charge in [-0.25, -0.2) is 4.98 Å². The Kier molecular flexibility index (Phi) is 4.61. The Bertz CT molecular complexity index is 418. The maximum absolute atomic E-state index is 10.6. The van der Waals surface area contributed by atoms with Crippen molar-refractivity contribution in [3.63, 3.8) is 0 Å². The fourth-order valence-corrected chi connectivity index (χ4v) is 1.87. The summed E-state index contributed by atoms with van der Waals surface area (Å²) in [7, 11) is 4.04. The molecule has 0 spiro atoms. The van der Waals surface area contributed by atoms with Crippen molar-refractivity contribution in [2.45, 2.75) is 13.8 Å². The van der Waals surface area contributed by atoms with E-state index in [1.165, 1.54) is 18.3 Å². The van der Waals surface area contributed by atoms with Crippen molar-refractivity contribution in [2.24, 2.45) is 5.41 Å². The third kappa shape index (κ3) is 4.67. The average Bonchev–Trinajstić information content (AvgIpc) is 2.25. The Morgan fingerprint density at radius 2 is 2.17 bits per heavy atom. The van der Waals surface area contributed by atoms with Gasteiger partial charge in [-0.15, -0.1) is 0 Å². The van der Waals surface area contributed by atoms with Crippen molar-refractivity contribution in [3.05, 3.63) is 28.4 Å². The molecular formula is C12H20N4O2. The average molecular weight is 252 g/mol. The van der Waals surface area contributed by atoms with Crippen LogP contribution in [-0.4, -0.2) is 42.0 Å². The molecule has 0 bridgehead atoms. The second kappa shape index (κ2) is 5.77. The summed E-state index contributed by atoms with van der Waals surface area (Å²) in [5, 5.41) is 13.8. The van der Waals surface area contributed by atoms with Crippen LogP contribution in [0.15, 0.2) is 18.3 Å². The summed E-state index contributed by atoms with van der Waals surface area (Å²) in [4.78, 5) is 16.4. The van der Waals surface area contributed by atoms with Crippen molar-refractivity contribution < 1.29 is 4.92 Å². The number of aromatic nitrogens is 1. The predicted molar refractivity (Wildman–Crippen MR) is 71.7 cm³/mol. The van der Waals surface area contributed by atoms with Crippen LogP contribution in [0.3, 0.4) is 0 Å². The molecule has 1 heterocycles. The van der Waals surface area contributed by atoms with Gasteiger partial charge in [0.15, 0.2) is 0 Å². The number of nitrogens with zero attached hydrogens (tertiary/aromatic N) is 3. The fourth-order valence-electron chi connectivity index (χ4n) is 1.87. The summed E-state index contributed by atoms with van der Waals surface area (Å²) >= 11 is 0. The lowest BCUT2D eigenvalue weighted by atomic mass is 9.93. The second-order valence-electron chi connectivity index (χ2n) is 5.41.